The van der Waals surface area contributed by atoms with E-state index in [1.54, 1.807) is 29.3 Å². The van der Waals surface area contributed by atoms with Crippen molar-refractivity contribution in [1.82, 2.24) is 15.2 Å². The van der Waals surface area contributed by atoms with E-state index in [0.717, 1.165) is 32.8 Å². The van der Waals surface area contributed by atoms with Gasteiger partial charge in [-0.2, -0.15) is 16.4 Å². The molecule has 1 aromatic carbocycles. The molecule has 0 aliphatic carbocycles. The van der Waals surface area contributed by atoms with Crippen LogP contribution in [-0.2, 0) is 5.75 Å². The molecule has 0 amide bonds. The molecule has 0 saturated heterocycles. The summed E-state index contributed by atoms with van der Waals surface area (Å²) >= 11 is 3.27. The Labute approximate surface area is 141 Å². The molecule has 0 radical (unpaired) electrons. The van der Waals surface area contributed by atoms with Crippen LogP contribution in [0.2, 0.25) is 0 Å². The van der Waals surface area contributed by atoms with E-state index in [2.05, 4.69) is 21.2 Å². The standard InChI is InChI=1S/C17H13N3OS2/c1-11-15(19-16(21-11)13-6-7-22-9-13)10-23-17-14-5-3-2-4-12(14)8-18-20-17/h2-9H,10H2,1H3. The largest absolute Gasteiger partial charge is 0.441 e. The van der Waals surface area contributed by atoms with Crippen LogP contribution in [0.4, 0.5) is 0 Å². The van der Waals surface area contributed by atoms with Crippen molar-refractivity contribution in [3.8, 4) is 11.5 Å². The summed E-state index contributed by atoms with van der Waals surface area (Å²) in [5.74, 6) is 2.25. The Bertz CT molecular complexity index is 942. The zero-order chi connectivity index (χ0) is 15.6. The van der Waals surface area contributed by atoms with Gasteiger partial charge in [-0.05, 0) is 18.4 Å². The molecule has 0 aliphatic heterocycles. The van der Waals surface area contributed by atoms with Crippen LogP contribution in [0.1, 0.15) is 11.5 Å². The summed E-state index contributed by atoms with van der Waals surface area (Å²) in [7, 11) is 0. The van der Waals surface area contributed by atoms with Gasteiger partial charge >= 0.3 is 0 Å². The predicted molar refractivity (Wildman–Crippen MR) is 93.7 cm³/mol. The van der Waals surface area contributed by atoms with Crippen LogP contribution in [0.3, 0.4) is 0 Å². The SMILES string of the molecule is Cc1oc(-c2ccsc2)nc1CSc1nncc2ccccc12. The number of thiophene rings is 1. The lowest BCUT2D eigenvalue weighted by molar-refractivity contribution is 0.541. The van der Waals surface area contributed by atoms with Crippen molar-refractivity contribution in [2.45, 2.75) is 17.7 Å². The van der Waals surface area contributed by atoms with Gasteiger partial charge in [0.2, 0.25) is 5.89 Å². The first-order valence-electron chi connectivity index (χ1n) is 7.13. The minimum absolute atomic E-state index is 0.684. The second kappa shape index (κ2) is 6.14. The minimum atomic E-state index is 0.684. The molecule has 4 rings (SSSR count). The lowest BCUT2D eigenvalue weighted by Gasteiger charge is -2.02. The summed E-state index contributed by atoms with van der Waals surface area (Å²) in [6.07, 6.45) is 1.79. The molecule has 0 fully saturated rings. The number of hydrogen-bond acceptors (Lipinski definition) is 6. The summed E-state index contributed by atoms with van der Waals surface area (Å²) < 4.78 is 5.78. The van der Waals surface area contributed by atoms with Crippen LogP contribution in [0.25, 0.3) is 22.2 Å². The van der Waals surface area contributed by atoms with E-state index in [9.17, 15) is 0 Å². The highest BCUT2D eigenvalue weighted by molar-refractivity contribution is 7.98. The minimum Gasteiger partial charge on any atom is -0.441 e. The van der Waals surface area contributed by atoms with E-state index in [-0.39, 0.29) is 0 Å². The fourth-order valence-corrected chi connectivity index (χ4v) is 3.93. The summed E-state index contributed by atoms with van der Waals surface area (Å²) in [4.78, 5) is 4.62. The molecule has 114 valence electrons. The lowest BCUT2D eigenvalue weighted by atomic mass is 10.2. The molecular weight excluding hydrogens is 326 g/mol. The fourth-order valence-electron chi connectivity index (χ4n) is 2.32. The summed E-state index contributed by atoms with van der Waals surface area (Å²) in [6.45, 7) is 1.95. The second-order valence-corrected chi connectivity index (χ2v) is 6.80. The lowest BCUT2D eigenvalue weighted by Crippen LogP contribution is -1.90. The molecule has 0 atom stereocenters. The summed E-state index contributed by atoms with van der Waals surface area (Å²) in [5.41, 5.74) is 1.98. The number of aromatic nitrogens is 3. The molecule has 0 N–H and O–H groups in total. The van der Waals surface area contributed by atoms with E-state index in [0.29, 0.717) is 11.6 Å². The quantitative estimate of drug-likeness (QED) is 0.493. The first kappa shape index (κ1) is 14.4. The first-order valence-corrected chi connectivity index (χ1v) is 9.06. The van der Waals surface area contributed by atoms with Crippen molar-refractivity contribution in [2.24, 2.45) is 0 Å². The maximum atomic E-state index is 5.78. The monoisotopic (exact) mass is 339 g/mol. The van der Waals surface area contributed by atoms with E-state index >= 15 is 0 Å². The van der Waals surface area contributed by atoms with Crippen molar-refractivity contribution in [1.29, 1.82) is 0 Å². The summed E-state index contributed by atoms with van der Waals surface area (Å²) in [5, 5.41) is 15.5. The average Bonchev–Trinajstić information content (AvgIpc) is 3.22. The molecule has 23 heavy (non-hydrogen) atoms. The highest BCUT2D eigenvalue weighted by Gasteiger charge is 2.13. The zero-order valence-corrected chi connectivity index (χ0v) is 14.0. The number of fused-ring (bicyclic) bond motifs is 1. The third kappa shape index (κ3) is 2.87. The maximum Gasteiger partial charge on any atom is 0.227 e. The van der Waals surface area contributed by atoms with Crippen LogP contribution in [-0.4, -0.2) is 15.2 Å². The molecule has 4 aromatic rings. The Hall–Kier alpha value is -2.18. The van der Waals surface area contributed by atoms with Gasteiger partial charge in [-0.25, -0.2) is 4.98 Å². The Kier molecular flexibility index (Phi) is 3.85. The number of benzene rings is 1. The fraction of sp³-hybridized carbons (Fsp3) is 0.118. The molecule has 0 unspecified atom stereocenters. The van der Waals surface area contributed by atoms with Gasteiger partial charge in [0, 0.05) is 27.5 Å². The molecule has 3 aromatic heterocycles. The number of nitrogens with zero attached hydrogens (tertiary/aromatic N) is 3. The molecule has 0 saturated carbocycles. The average molecular weight is 339 g/mol. The zero-order valence-electron chi connectivity index (χ0n) is 12.4. The first-order chi connectivity index (χ1) is 11.3. The molecule has 0 aliphatic rings. The number of aryl methyl sites for hydroxylation is 1. The van der Waals surface area contributed by atoms with Gasteiger partial charge in [-0.15, -0.1) is 5.10 Å². The van der Waals surface area contributed by atoms with Crippen molar-refractivity contribution in [3.05, 3.63) is 58.7 Å². The number of oxazole rings is 1. The van der Waals surface area contributed by atoms with E-state index in [1.165, 1.54) is 0 Å². The van der Waals surface area contributed by atoms with Gasteiger partial charge in [0.25, 0.3) is 0 Å². The van der Waals surface area contributed by atoms with Gasteiger partial charge in [-0.3, -0.25) is 0 Å². The topological polar surface area (TPSA) is 51.8 Å². The Morgan fingerprint density at radius 3 is 3.00 bits per heavy atom. The molecule has 6 heteroatoms. The smallest absolute Gasteiger partial charge is 0.227 e. The van der Waals surface area contributed by atoms with Gasteiger partial charge in [-0.1, -0.05) is 36.0 Å². The van der Waals surface area contributed by atoms with E-state index in [1.807, 2.05) is 41.9 Å². The van der Waals surface area contributed by atoms with Gasteiger partial charge in [0.15, 0.2) is 0 Å². The van der Waals surface area contributed by atoms with Crippen LogP contribution in [0.15, 0.2) is 56.7 Å². The predicted octanol–water partition coefficient (Wildman–Crippen LogP) is 4.95. The van der Waals surface area contributed by atoms with Gasteiger partial charge in [0.1, 0.15) is 10.8 Å². The Balaban J connectivity index is 1.59. The van der Waals surface area contributed by atoms with Crippen LogP contribution in [0, 0.1) is 6.92 Å². The Morgan fingerprint density at radius 1 is 1.22 bits per heavy atom. The van der Waals surface area contributed by atoms with Crippen molar-refractivity contribution < 1.29 is 4.42 Å². The summed E-state index contributed by atoms with van der Waals surface area (Å²) in [6, 6.07) is 10.2. The molecular formula is C17H13N3OS2. The molecule has 3 heterocycles. The number of thioether (sulfide) groups is 1. The molecule has 0 spiro atoms. The van der Waals surface area contributed by atoms with Crippen LogP contribution < -0.4 is 0 Å². The Morgan fingerprint density at radius 2 is 2.13 bits per heavy atom. The molecule has 4 nitrogen and oxygen atoms in total. The van der Waals surface area contributed by atoms with Crippen molar-refractivity contribution in [2.75, 3.05) is 0 Å². The highest BCUT2D eigenvalue weighted by atomic mass is 32.2. The molecule has 0 bridgehead atoms. The third-order valence-corrected chi connectivity index (χ3v) is 5.22. The maximum absolute atomic E-state index is 5.78. The van der Waals surface area contributed by atoms with E-state index in [4.69, 9.17) is 4.42 Å². The second-order valence-electron chi connectivity index (χ2n) is 5.06. The van der Waals surface area contributed by atoms with Crippen molar-refractivity contribution in [3.63, 3.8) is 0 Å². The van der Waals surface area contributed by atoms with Gasteiger partial charge < -0.3 is 4.42 Å². The highest BCUT2D eigenvalue weighted by Crippen LogP contribution is 2.30. The number of hydrogen-bond donors (Lipinski definition) is 0. The van der Waals surface area contributed by atoms with Crippen molar-refractivity contribution >= 4 is 33.9 Å². The van der Waals surface area contributed by atoms with Gasteiger partial charge in [0.05, 0.1) is 11.9 Å². The van der Waals surface area contributed by atoms with Crippen LogP contribution >= 0.6 is 23.1 Å². The van der Waals surface area contributed by atoms with E-state index < -0.39 is 0 Å². The van der Waals surface area contributed by atoms with Crippen LogP contribution in [0.5, 0.6) is 0 Å². The normalized spacial score (nSPS) is 11.2. The number of rotatable bonds is 4. The third-order valence-electron chi connectivity index (χ3n) is 3.54.